The summed E-state index contributed by atoms with van der Waals surface area (Å²) in [7, 11) is 0. The van der Waals surface area contributed by atoms with E-state index in [9.17, 15) is 8.78 Å². The summed E-state index contributed by atoms with van der Waals surface area (Å²) >= 11 is 0. The highest BCUT2D eigenvalue weighted by Crippen LogP contribution is 2.38. The highest BCUT2D eigenvalue weighted by Gasteiger charge is 2.29. The van der Waals surface area contributed by atoms with Crippen molar-refractivity contribution in [2.24, 2.45) is 5.92 Å². The topological polar surface area (TPSA) is 56.9 Å². The van der Waals surface area contributed by atoms with Crippen molar-refractivity contribution in [2.75, 3.05) is 26.2 Å². The summed E-state index contributed by atoms with van der Waals surface area (Å²) in [4.78, 5) is 7.06. The normalized spacial score (nSPS) is 14.6. The number of fused-ring (bicyclic) bond motifs is 1. The van der Waals surface area contributed by atoms with Gasteiger partial charge in [0.2, 0.25) is 5.88 Å². The summed E-state index contributed by atoms with van der Waals surface area (Å²) in [6.45, 7) is 3.65. The number of hydrogen-bond acceptors (Lipinski definition) is 3. The summed E-state index contributed by atoms with van der Waals surface area (Å²) in [6, 6.07) is 25.6. The van der Waals surface area contributed by atoms with Crippen LogP contribution in [0.15, 0.2) is 84.9 Å². The average Bonchev–Trinajstić information content (AvgIpc) is 2.90. The first-order valence-corrected chi connectivity index (χ1v) is 12.4. The summed E-state index contributed by atoms with van der Waals surface area (Å²) in [5, 5.41) is 1.11. The lowest BCUT2D eigenvalue weighted by atomic mass is 9.76. The molecule has 36 heavy (non-hydrogen) atoms. The first kappa shape index (κ1) is 25.7. The van der Waals surface area contributed by atoms with Crippen LogP contribution in [-0.4, -0.2) is 41.6 Å². The molecule has 0 aliphatic carbocycles. The van der Waals surface area contributed by atoms with Gasteiger partial charge in [-0.15, -0.1) is 0 Å². The van der Waals surface area contributed by atoms with Crippen molar-refractivity contribution >= 4 is 10.9 Å². The Morgan fingerprint density at radius 2 is 1.42 bits per heavy atom. The number of para-hydroxylation sites is 1. The number of likely N-dealkylation sites (tertiary alicyclic amines) is 1. The number of nitrogens with zero attached hydrogens (tertiary/aromatic N) is 2. The maximum atomic E-state index is 13.6. The van der Waals surface area contributed by atoms with Gasteiger partial charge < -0.3 is 15.1 Å². The summed E-state index contributed by atoms with van der Waals surface area (Å²) in [6.07, 6.45) is 3.04. The Kier molecular flexibility index (Phi) is 8.62. The predicted octanol–water partition coefficient (Wildman–Crippen LogP) is 6.00. The van der Waals surface area contributed by atoms with E-state index >= 15 is 0 Å². The summed E-state index contributed by atoms with van der Waals surface area (Å²) < 4.78 is 33.0. The lowest BCUT2D eigenvalue weighted by Crippen LogP contribution is -2.36. The highest BCUT2D eigenvalue weighted by atomic mass is 19.1. The molecule has 4 nitrogen and oxygen atoms in total. The molecule has 2 N–H and O–H groups in total. The van der Waals surface area contributed by atoms with Crippen LogP contribution in [0, 0.1) is 17.6 Å². The Bertz CT molecular complexity index is 1190. The van der Waals surface area contributed by atoms with E-state index in [0.29, 0.717) is 18.4 Å². The molecule has 0 unspecified atom stereocenters. The van der Waals surface area contributed by atoms with Gasteiger partial charge in [-0.25, -0.2) is 13.8 Å². The molecule has 1 saturated heterocycles. The second-order valence-electron chi connectivity index (χ2n) is 9.30. The van der Waals surface area contributed by atoms with Gasteiger partial charge in [0.25, 0.3) is 0 Å². The molecule has 0 spiro atoms. The Morgan fingerprint density at radius 3 is 2.06 bits per heavy atom. The van der Waals surface area contributed by atoms with Crippen molar-refractivity contribution in [1.29, 1.82) is 0 Å². The molecule has 5 rings (SSSR count). The standard InChI is InChI=1S/C30H30F2N2O.H2O/c31-26-11-6-23(7-12-26)30(24-8-13-27(32)14-9-24)25-16-19-34(20-17-25)18-3-21-35-29-15-10-22-4-1-2-5-28(22)33-29;/h1-2,4-15,25,30H,3,16-21H2;1H2. The van der Waals surface area contributed by atoms with Gasteiger partial charge in [0.1, 0.15) is 11.6 Å². The first-order chi connectivity index (χ1) is 17.2. The van der Waals surface area contributed by atoms with E-state index in [1.165, 1.54) is 24.3 Å². The number of pyridine rings is 1. The molecule has 1 aliphatic rings. The number of ether oxygens (including phenoxy) is 1. The molecule has 0 radical (unpaired) electrons. The Hall–Kier alpha value is -3.35. The minimum absolute atomic E-state index is 0. The third-order valence-electron chi connectivity index (χ3n) is 7.00. The first-order valence-electron chi connectivity index (χ1n) is 12.4. The van der Waals surface area contributed by atoms with Crippen molar-refractivity contribution in [3.05, 3.63) is 108 Å². The van der Waals surface area contributed by atoms with E-state index in [-0.39, 0.29) is 23.0 Å². The van der Waals surface area contributed by atoms with Gasteiger partial charge in [0.15, 0.2) is 0 Å². The molecule has 1 aliphatic heterocycles. The number of aromatic nitrogens is 1. The molecule has 1 aromatic heterocycles. The molecule has 3 aromatic carbocycles. The fourth-order valence-corrected chi connectivity index (χ4v) is 5.18. The Balaban J connectivity index is 0.00000304. The molecular formula is C30H32F2N2O2. The second kappa shape index (κ2) is 12.1. The van der Waals surface area contributed by atoms with E-state index in [2.05, 4.69) is 9.88 Å². The smallest absolute Gasteiger partial charge is 0.213 e. The van der Waals surface area contributed by atoms with E-state index in [1.54, 1.807) is 0 Å². The summed E-state index contributed by atoms with van der Waals surface area (Å²) in [5.74, 6) is 0.773. The number of benzene rings is 3. The van der Waals surface area contributed by atoms with Crippen LogP contribution in [0.5, 0.6) is 5.88 Å². The van der Waals surface area contributed by atoms with Gasteiger partial charge in [-0.1, -0.05) is 42.5 Å². The van der Waals surface area contributed by atoms with Gasteiger partial charge in [0.05, 0.1) is 12.1 Å². The van der Waals surface area contributed by atoms with Gasteiger partial charge in [-0.2, -0.15) is 0 Å². The third-order valence-corrected chi connectivity index (χ3v) is 7.00. The SMILES string of the molecule is Fc1ccc(C(c2ccc(F)cc2)C2CCN(CCCOc3ccc4ccccc4n3)CC2)cc1.O. The van der Waals surface area contributed by atoms with E-state index in [0.717, 1.165) is 60.9 Å². The number of rotatable bonds is 8. The van der Waals surface area contributed by atoms with Crippen LogP contribution in [0.25, 0.3) is 10.9 Å². The molecule has 6 heteroatoms. The quantitative estimate of drug-likeness (QED) is 0.285. The van der Waals surface area contributed by atoms with Crippen LogP contribution in [-0.2, 0) is 0 Å². The van der Waals surface area contributed by atoms with Crippen molar-refractivity contribution in [3.8, 4) is 5.88 Å². The molecule has 1 fully saturated rings. The largest absolute Gasteiger partial charge is 0.478 e. The lowest BCUT2D eigenvalue weighted by molar-refractivity contribution is 0.162. The number of halogens is 2. The highest BCUT2D eigenvalue weighted by molar-refractivity contribution is 5.78. The molecule has 0 bridgehead atoms. The van der Waals surface area contributed by atoms with Crippen LogP contribution in [0.4, 0.5) is 8.78 Å². The predicted molar refractivity (Wildman–Crippen MR) is 139 cm³/mol. The fourth-order valence-electron chi connectivity index (χ4n) is 5.18. The summed E-state index contributed by atoms with van der Waals surface area (Å²) in [5.41, 5.74) is 3.13. The van der Waals surface area contributed by atoms with E-state index < -0.39 is 0 Å². The zero-order valence-corrected chi connectivity index (χ0v) is 20.2. The zero-order chi connectivity index (χ0) is 24.0. The Morgan fingerprint density at radius 1 is 0.806 bits per heavy atom. The van der Waals surface area contributed by atoms with Crippen molar-refractivity contribution in [2.45, 2.75) is 25.2 Å². The lowest BCUT2D eigenvalue weighted by Gasteiger charge is -2.36. The van der Waals surface area contributed by atoms with Crippen molar-refractivity contribution in [1.82, 2.24) is 9.88 Å². The molecular weight excluding hydrogens is 458 g/mol. The van der Waals surface area contributed by atoms with Crippen LogP contribution in [0.2, 0.25) is 0 Å². The molecule has 2 heterocycles. The van der Waals surface area contributed by atoms with Gasteiger partial charge >= 0.3 is 0 Å². The minimum atomic E-state index is -0.234. The van der Waals surface area contributed by atoms with Gasteiger partial charge in [-0.05, 0) is 85.8 Å². The monoisotopic (exact) mass is 490 g/mol. The number of piperidine rings is 1. The average molecular weight is 491 g/mol. The van der Waals surface area contributed by atoms with E-state index in [1.807, 2.05) is 60.7 Å². The maximum Gasteiger partial charge on any atom is 0.213 e. The molecule has 0 atom stereocenters. The van der Waals surface area contributed by atoms with Gasteiger partial charge in [0, 0.05) is 23.9 Å². The van der Waals surface area contributed by atoms with Crippen LogP contribution >= 0.6 is 0 Å². The van der Waals surface area contributed by atoms with E-state index in [4.69, 9.17) is 4.74 Å². The fraction of sp³-hybridized carbons (Fsp3) is 0.300. The Labute approximate surface area is 210 Å². The molecule has 188 valence electrons. The van der Waals surface area contributed by atoms with Crippen LogP contribution < -0.4 is 4.74 Å². The second-order valence-corrected chi connectivity index (χ2v) is 9.30. The minimum Gasteiger partial charge on any atom is -0.478 e. The van der Waals surface area contributed by atoms with Crippen LogP contribution in [0.1, 0.15) is 36.3 Å². The van der Waals surface area contributed by atoms with Gasteiger partial charge in [-0.3, -0.25) is 0 Å². The molecule has 0 amide bonds. The molecule has 0 saturated carbocycles. The third kappa shape index (κ3) is 6.25. The zero-order valence-electron chi connectivity index (χ0n) is 20.2. The number of hydrogen-bond donors (Lipinski definition) is 0. The van der Waals surface area contributed by atoms with Crippen LogP contribution in [0.3, 0.4) is 0 Å². The molecule has 4 aromatic rings. The maximum absolute atomic E-state index is 13.6. The van der Waals surface area contributed by atoms with Crippen molar-refractivity contribution in [3.63, 3.8) is 0 Å². The van der Waals surface area contributed by atoms with Crippen molar-refractivity contribution < 1.29 is 19.0 Å².